The van der Waals surface area contributed by atoms with Crippen LogP contribution in [0.3, 0.4) is 0 Å². The quantitative estimate of drug-likeness (QED) is 0.0757. The fourth-order valence-electron chi connectivity index (χ4n) is 2.45. The van der Waals surface area contributed by atoms with Crippen LogP contribution in [0.1, 0.15) is 89.0 Å². The van der Waals surface area contributed by atoms with Crippen LogP contribution in [0.25, 0.3) is 0 Å². The van der Waals surface area contributed by atoms with Gasteiger partial charge in [-0.25, -0.2) is 5.01 Å². The molecule has 1 atom stereocenters. The second-order valence-electron chi connectivity index (χ2n) is 8.22. The molecule has 0 aliphatic rings. The first-order valence-electron chi connectivity index (χ1n) is 12.3. The lowest BCUT2D eigenvalue weighted by molar-refractivity contribution is 0.0928. The monoisotopic (exact) mass is 579 g/mol. The van der Waals surface area contributed by atoms with Gasteiger partial charge in [0, 0.05) is 32.4 Å². The highest BCUT2D eigenvalue weighted by atomic mass is 127. The van der Waals surface area contributed by atoms with E-state index < -0.39 is 0 Å². The molecule has 0 bridgehead atoms. The number of alkyl halides is 1. The van der Waals surface area contributed by atoms with E-state index >= 15 is 0 Å². The molecule has 4 nitrogen and oxygen atoms in total. The summed E-state index contributed by atoms with van der Waals surface area (Å²) < 4.78 is 5.98. The molecule has 0 aromatic heterocycles. The van der Waals surface area contributed by atoms with E-state index in [2.05, 4.69) is 99.9 Å². The highest BCUT2D eigenvalue weighted by Crippen LogP contribution is 2.18. The largest absolute Gasteiger partial charge is 0.491 e. The highest BCUT2D eigenvalue weighted by molar-refractivity contribution is 14.1. The molecular weight excluding hydrogens is 521 g/mol. The summed E-state index contributed by atoms with van der Waals surface area (Å²) in [5.74, 6) is 0.690. The summed E-state index contributed by atoms with van der Waals surface area (Å²) >= 11 is 2.15. The van der Waals surface area contributed by atoms with E-state index in [0.717, 1.165) is 25.1 Å². The van der Waals surface area contributed by atoms with Crippen molar-refractivity contribution in [3.63, 3.8) is 0 Å². The summed E-state index contributed by atoms with van der Waals surface area (Å²) in [6.07, 6.45) is 10.4. The van der Waals surface area contributed by atoms with Crippen molar-refractivity contribution in [1.82, 2.24) is 14.9 Å². The number of rotatable bonds is 12. The second kappa shape index (κ2) is 24.3. The van der Waals surface area contributed by atoms with E-state index in [1.165, 1.54) is 5.57 Å². The number of hydrazine groups is 1. The fraction of sp³-hybridized carbons (Fsp3) is 0.714. The molecule has 0 spiro atoms. The summed E-state index contributed by atoms with van der Waals surface area (Å²) in [6.45, 7) is 28.2. The summed E-state index contributed by atoms with van der Waals surface area (Å²) in [5, 5.41) is 4.15. The van der Waals surface area contributed by atoms with Gasteiger partial charge in [0.1, 0.15) is 5.76 Å². The van der Waals surface area contributed by atoms with E-state index in [-0.39, 0.29) is 11.6 Å². The van der Waals surface area contributed by atoms with Crippen LogP contribution in [0.4, 0.5) is 0 Å². The average molecular weight is 580 g/mol. The van der Waals surface area contributed by atoms with Crippen LogP contribution < -0.4 is 0 Å². The van der Waals surface area contributed by atoms with E-state index in [1.807, 2.05) is 70.8 Å². The zero-order valence-electron chi connectivity index (χ0n) is 24.8. The van der Waals surface area contributed by atoms with Gasteiger partial charge < -0.3 is 9.64 Å². The molecule has 0 rings (SSSR count). The van der Waals surface area contributed by atoms with Crippen LogP contribution in [0.5, 0.6) is 0 Å². The summed E-state index contributed by atoms with van der Waals surface area (Å²) in [6, 6.07) is 0. The van der Waals surface area contributed by atoms with Crippen LogP contribution in [-0.4, -0.2) is 59.2 Å². The van der Waals surface area contributed by atoms with Gasteiger partial charge in [-0.15, -0.1) is 0 Å². The maximum Gasteiger partial charge on any atom is 0.112 e. The molecule has 0 aromatic carbocycles. The number of hydrogen-bond acceptors (Lipinski definition) is 4. The van der Waals surface area contributed by atoms with Crippen molar-refractivity contribution >= 4 is 22.6 Å². The lowest BCUT2D eigenvalue weighted by Crippen LogP contribution is -2.41. The molecule has 0 N–H and O–H groups in total. The minimum absolute atomic E-state index is 0.133. The molecule has 5 heteroatoms. The van der Waals surface area contributed by atoms with Crippen molar-refractivity contribution in [2.75, 3.05) is 32.6 Å². The number of ether oxygens (including phenoxy) is 1. The van der Waals surface area contributed by atoms with E-state index in [0.29, 0.717) is 5.76 Å². The Labute approximate surface area is 222 Å². The van der Waals surface area contributed by atoms with E-state index in [9.17, 15) is 0 Å². The maximum atomic E-state index is 5.98. The SMILES string of the molecule is C=C(/C=C\C(=C/C)N(C=C(C)C)N(C)C)OC(C)CCN(C)C(C)(C)CC.CC.CC.CI. The van der Waals surface area contributed by atoms with Gasteiger partial charge in [-0.1, -0.05) is 75.4 Å². The number of nitrogens with zero attached hydrogens (tertiary/aromatic N) is 3. The predicted molar refractivity (Wildman–Crippen MR) is 162 cm³/mol. The predicted octanol–water partition coefficient (Wildman–Crippen LogP) is 8.68. The highest BCUT2D eigenvalue weighted by Gasteiger charge is 2.21. The van der Waals surface area contributed by atoms with Crippen LogP contribution in [0, 0.1) is 0 Å². The van der Waals surface area contributed by atoms with Gasteiger partial charge in [0.25, 0.3) is 0 Å². The topological polar surface area (TPSA) is 19.0 Å². The first-order valence-corrected chi connectivity index (χ1v) is 14.5. The van der Waals surface area contributed by atoms with Gasteiger partial charge in [0.05, 0.1) is 11.8 Å². The molecule has 0 radical (unpaired) electrons. The standard InChI is InChI=1S/C23H43N3O.2C2H6.CH3I/c1-12-22(26(24(9)10)18-19(3)4)15-14-20(5)27-21(6)16-17-25(11)23(7,8)13-2;3*1-2/h12,14-15,18,21H,5,13,16-17H2,1-4,6-11H3;2*1-2H3;1H3/b15-14-,22-12+;;;. The van der Waals surface area contributed by atoms with Crippen molar-refractivity contribution in [2.24, 2.45) is 0 Å². The van der Waals surface area contributed by atoms with Crippen LogP contribution in [0.2, 0.25) is 0 Å². The summed E-state index contributed by atoms with van der Waals surface area (Å²) in [5.41, 5.74) is 2.53. The van der Waals surface area contributed by atoms with Gasteiger partial charge in [0.15, 0.2) is 0 Å². The summed E-state index contributed by atoms with van der Waals surface area (Å²) in [4.78, 5) is 4.37. The fourth-order valence-corrected chi connectivity index (χ4v) is 2.45. The normalized spacial score (nSPS) is 12.0. The lowest BCUT2D eigenvalue weighted by atomic mass is 9.99. The van der Waals surface area contributed by atoms with Crippen molar-refractivity contribution in [3.8, 4) is 0 Å². The molecule has 0 saturated heterocycles. The van der Waals surface area contributed by atoms with Crippen LogP contribution >= 0.6 is 22.6 Å². The van der Waals surface area contributed by atoms with Crippen LogP contribution in [0.15, 0.2) is 48.0 Å². The van der Waals surface area contributed by atoms with E-state index in [1.54, 1.807) is 0 Å². The van der Waals surface area contributed by atoms with Crippen LogP contribution in [-0.2, 0) is 4.74 Å². The number of allylic oxidation sites excluding steroid dienone is 4. The van der Waals surface area contributed by atoms with E-state index in [4.69, 9.17) is 4.74 Å². The maximum absolute atomic E-state index is 5.98. The Bertz CT molecular complexity index is 547. The van der Waals surface area contributed by atoms with Crippen molar-refractivity contribution in [3.05, 3.63) is 48.0 Å². The Morgan fingerprint density at radius 3 is 1.88 bits per heavy atom. The Morgan fingerprint density at radius 1 is 1.03 bits per heavy atom. The molecule has 198 valence electrons. The third kappa shape index (κ3) is 20.3. The van der Waals surface area contributed by atoms with Gasteiger partial charge >= 0.3 is 0 Å². The Morgan fingerprint density at radius 2 is 1.52 bits per heavy atom. The van der Waals surface area contributed by atoms with Crippen molar-refractivity contribution in [2.45, 2.75) is 101 Å². The molecular formula is C28H58IN3O. The zero-order chi connectivity index (χ0) is 27.2. The molecule has 0 heterocycles. The van der Waals surface area contributed by atoms with Crippen molar-refractivity contribution < 1.29 is 4.74 Å². The van der Waals surface area contributed by atoms with Gasteiger partial charge in [0.2, 0.25) is 0 Å². The minimum Gasteiger partial charge on any atom is -0.491 e. The molecule has 33 heavy (non-hydrogen) atoms. The van der Waals surface area contributed by atoms with Gasteiger partial charge in [-0.2, -0.15) is 0 Å². The Balaban J connectivity index is -0.000000642. The minimum atomic E-state index is 0.133. The second-order valence-corrected chi connectivity index (χ2v) is 8.22. The number of hydrogen-bond donors (Lipinski definition) is 0. The van der Waals surface area contributed by atoms with Gasteiger partial charge in [-0.05, 0) is 78.5 Å². The third-order valence-electron chi connectivity index (χ3n) is 4.93. The molecule has 1 unspecified atom stereocenters. The molecule has 0 amide bonds. The Kier molecular flexibility index (Phi) is 29.1. The molecule has 0 saturated carbocycles. The van der Waals surface area contributed by atoms with Crippen molar-refractivity contribution in [1.29, 1.82) is 0 Å². The average Bonchev–Trinajstić information content (AvgIpc) is 2.80. The Hall–Kier alpha value is -0.790. The smallest absolute Gasteiger partial charge is 0.112 e. The molecule has 0 aliphatic heterocycles. The zero-order valence-corrected chi connectivity index (χ0v) is 27.0. The molecule has 0 fully saturated rings. The van der Waals surface area contributed by atoms with Gasteiger partial charge in [-0.3, -0.25) is 5.01 Å². The molecule has 0 aliphatic carbocycles. The molecule has 0 aromatic rings. The first-order chi connectivity index (χ1) is 15.4. The number of halogens is 1. The lowest BCUT2D eigenvalue weighted by Gasteiger charge is -2.35. The first kappa shape index (κ1) is 39.4. The summed E-state index contributed by atoms with van der Waals surface area (Å²) in [7, 11) is 6.24. The third-order valence-corrected chi connectivity index (χ3v) is 4.93.